The van der Waals surface area contributed by atoms with Crippen LogP contribution in [0.15, 0.2) is 30.5 Å². The number of hydrogen-bond donors (Lipinski definition) is 1. The Balaban J connectivity index is 1.92. The zero-order valence-electron chi connectivity index (χ0n) is 11.1. The van der Waals surface area contributed by atoms with E-state index in [0.29, 0.717) is 5.69 Å². The molecule has 0 saturated carbocycles. The molecule has 19 heavy (non-hydrogen) atoms. The van der Waals surface area contributed by atoms with E-state index < -0.39 is 0 Å². The lowest BCUT2D eigenvalue weighted by atomic mass is 10.2. The number of rotatable bonds is 4. The van der Waals surface area contributed by atoms with Crippen LogP contribution in [0.4, 0.5) is 5.82 Å². The minimum atomic E-state index is 0.474. The number of nitrogens with zero attached hydrogens (tertiary/aromatic N) is 3. The summed E-state index contributed by atoms with van der Waals surface area (Å²) in [6.07, 6.45) is 2.77. The summed E-state index contributed by atoms with van der Waals surface area (Å²) in [6, 6.07) is 9.97. The first kappa shape index (κ1) is 13.0. The van der Waals surface area contributed by atoms with Gasteiger partial charge in [0.05, 0.1) is 0 Å². The van der Waals surface area contributed by atoms with E-state index >= 15 is 0 Å². The molecular weight excluding hydrogens is 236 g/mol. The van der Waals surface area contributed by atoms with Crippen molar-refractivity contribution in [3.05, 3.63) is 53.0 Å². The predicted octanol–water partition coefficient (Wildman–Crippen LogP) is 2.62. The van der Waals surface area contributed by atoms with Gasteiger partial charge in [-0.15, -0.1) is 0 Å². The van der Waals surface area contributed by atoms with E-state index in [1.54, 1.807) is 0 Å². The molecule has 0 aliphatic rings. The lowest BCUT2D eigenvalue weighted by molar-refractivity contribution is 0.984. The quantitative estimate of drug-likeness (QED) is 0.908. The van der Waals surface area contributed by atoms with Crippen LogP contribution in [-0.4, -0.2) is 16.5 Å². The van der Waals surface area contributed by atoms with E-state index in [0.717, 1.165) is 30.0 Å². The van der Waals surface area contributed by atoms with Crippen molar-refractivity contribution in [2.24, 2.45) is 0 Å². The molecule has 2 rings (SSSR count). The van der Waals surface area contributed by atoms with Crippen molar-refractivity contribution in [2.75, 3.05) is 11.9 Å². The summed E-state index contributed by atoms with van der Waals surface area (Å²) in [4.78, 5) is 8.51. The van der Waals surface area contributed by atoms with Gasteiger partial charge in [-0.25, -0.2) is 4.98 Å². The molecule has 0 bridgehead atoms. The minimum absolute atomic E-state index is 0.474. The van der Waals surface area contributed by atoms with Gasteiger partial charge in [0, 0.05) is 18.4 Å². The van der Waals surface area contributed by atoms with Gasteiger partial charge in [0.15, 0.2) is 0 Å². The van der Waals surface area contributed by atoms with E-state index in [-0.39, 0.29) is 0 Å². The number of aromatic nitrogens is 2. The minimum Gasteiger partial charge on any atom is -0.370 e. The molecule has 1 N–H and O–H groups in total. The standard InChI is InChI=1S/C15H16N4/c1-11-3-6-15(19-14(11)9-16)17-8-7-13-5-4-12(2)18-10-13/h3-6,10H,7-8H2,1-2H3,(H,17,19). The third kappa shape index (κ3) is 3.52. The molecule has 0 unspecified atom stereocenters. The molecule has 0 spiro atoms. The van der Waals surface area contributed by atoms with Crippen molar-refractivity contribution in [1.29, 1.82) is 5.26 Å². The fourth-order valence-corrected chi connectivity index (χ4v) is 1.72. The third-order valence-corrected chi connectivity index (χ3v) is 2.90. The summed E-state index contributed by atoms with van der Waals surface area (Å²) in [5.41, 5.74) is 3.58. The second kappa shape index (κ2) is 5.96. The highest BCUT2D eigenvalue weighted by Gasteiger charge is 2.01. The number of nitriles is 1. The molecule has 4 nitrogen and oxygen atoms in total. The summed E-state index contributed by atoms with van der Waals surface area (Å²) in [5, 5.41) is 12.1. The second-order valence-corrected chi connectivity index (χ2v) is 4.46. The third-order valence-electron chi connectivity index (χ3n) is 2.90. The zero-order chi connectivity index (χ0) is 13.7. The fraction of sp³-hybridized carbons (Fsp3) is 0.267. The largest absolute Gasteiger partial charge is 0.370 e. The van der Waals surface area contributed by atoms with Crippen molar-refractivity contribution in [3.8, 4) is 6.07 Å². The summed E-state index contributed by atoms with van der Waals surface area (Å²) < 4.78 is 0. The summed E-state index contributed by atoms with van der Waals surface area (Å²) in [6.45, 7) is 4.63. The molecule has 2 aromatic heterocycles. The van der Waals surface area contributed by atoms with E-state index in [4.69, 9.17) is 5.26 Å². The molecule has 0 saturated heterocycles. The van der Waals surface area contributed by atoms with Gasteiger partial charge in [-0.2, -0.15) is 5.26 Å². The van der Waals surface area contributed by atoms with E-state index in [1.807, 2.05) is 38.2 Å². The Morgan fingerprint density at radius 2 is 2.05 bits per heavy atom. The van der Waals surface area contributed by atoms with Crippen LogP contribution in [0.25, 0.3) is 0 Å². The number of nitrogens with one attached hydrogen (secondary N) is 1. The van der Waals surface area contributed by atoms with Gasteiger partial charge in [0.2, 0.25) is 0 Å². The van der Waals surface area contributed by atoms with E-state index in [9.17, 15) is 0 Å². The number of pyridine rings is 2. The van der Waals surface area contributed by atoms with Crippen LogP contribution >= 0.6 is 0 Å². The van der Waals surface area contributed by atoms with Gasteiger partial charge in [-0.3, -0.25) is 4.98 Å². The van der Waals surface area contributed by atoms with Crippen LogP contribution in [-0.2, 0) is 6.42 Å². The smallest absolute Gasteiger partial charge is 0.145 e. The van der Waals surface area contributed by atoms with Gasteiger partial charge in [-0.1, -0.05) is 12.1 Å². The summed E-state index contributed by atoms with van der Waals surface area (Å²) in [5.74, 6) is 0.738. The van der Waals surface area contributed by atoms with Crippen LogP contribution in [0.5, 0.6) is 0 Å². The SMILES string of the molecule is Cc1ccc(CCNc2ccc(C)c(C#N)n2)cn1. The van der Waals surface area contributed by atoms with Gasteiger partial charge >= 0.3 is 0 Å². The predicted molar refractivity (Wildman–Crippen MR) is 74.9 cm³/mol. The lowest BCUT2D eigenvalue weighted by Crippen LogP contribution is -2.07. The van der Waals surface area contributed by atoms with Crippen LogP contribution in [0, 0.1) is 25.2 Å². The van der Waals surface area contributed by atoms with Crippen molar-refractivity contribution >= 4 is 5.82 Å². The normalized spacial score (nSPS) is 9.95. The Hall–Kier alpha value is -2.41. The van der Waals surface area contributed by atoms with Crippen molar-refractivity contribution in [1.82, 2.24) is 9.97 Å². The van der Waals surface area contributed by atoms with Gasteiger partial charge in [-0.05, 0) is 43.5 Å². The van der Waals surface area contributed by atoms with Crippen molar-refractivity contribution in [2.45, 2.75) is 20.3 Å². The van der Waals surface area contributed by atoms with Crippen LogP contribution in [0.1, 0.15) is 22.5 Å². The average Bonchev–Trinajstić information content (AvgIpc) is 2.43. The molecule has 0 atom stereocenters. The number of aryl methyl sites for hydroxylation is 2. The number of anilines is 1. The molecular formula is C15H16N4. The first-order valence-corrected chi connectivity index (χ1v) is 6.22. The molecule has 0 aliphatic carbocycles. The van der Waals surface area contributed by atoms with Crippen molar-refractivity contribution in [3.63, 3.8) is 0 Å². The molecule has 4 heteroatoms. The molecule has 0 amide bonds. The van der Waals surface area contributed by atoms with Gasteiger partial charge in [0.25, 0.3) is 0 Å². The molecule has 2 heterocycles. The summed E-state index contributed by atoms with van der Waals surface area (Å²) >= 11 is 0. The second-order valence-electron chi connectivity index (χ2n) is 4.46. The highest BCUT2D eigenvalue weighted by atomic mass is 15.0. The fourth-order valence-electron chi connectivity index (χ4n) is 1.72. The summed E-state index contributed by atoms with van der Waals surface area (Å²) in [7, 11) is 0. The van der Waals surface area contributed by atoms with Crippen LogP contribution in [0.2, 0.25) is 0 Å². The molecule has 96 valence electrons. The maximum atomic E-state index is 8.92. The highest BCUT2D eigenvalue weighted by molar-refractivity contribution is 5.42. The van der Waals surface area contributed by atoms with Gasteiger partial charge < -0.3 is 5.32 Å². The Morgan fingerprint density at radius 3 is 2.74 bits per heavy atom. The molecule has 0 aliphatic heterocycles. The Bertz CT molecular complexity index is 597. The van der Waals surface area contributed by atoms with Gasteiger partial charge in [0.1, 0.15) is 17.6 Å². The Morgan fingerprint density at radius 1 is 1.21 bits per heavy atom. The average molecular weight is 252 g/mol. The first-order chi connectivity index (χ1) is 9.19. The van der Waals surface area contributed by atoms with Crippen LogP contribution in [0.3, 0.4) is 0 Å². The first-order valence-electron chi connectivity index (χ1n) is 6.22. The maximum absolute atomic E-state index is 8.92. The topological polar surface area (TPSA) is 61.6 Å². The lowest BCUT2D eigenvalue weighted by Gasteiger charge is -2.07. The van der Waals surface area contributed by atoms with E-state index in [2.05, 4.69) is 27.4 Å². The maximum Gasteiger partial charge on any atom is 0.145 e. The Kier molecular flexibility index (Phi) is 4.09. The monoisotopic (exact) mass is 252 g/mol. The number of hydrogen-bond acceptors (Lipinski definition) is 4. The molecule has 0 fully saturated rings. The van der Waals surface area contributed by atoms with Crippen molar-refractivity contribution < 1.29 is 0 Å². The van der Waals surface area contributed by atoms with Crippen LogP contribution < -0.4 is 5.32 Å². The zero-order valence-corrected chi connectivity index (χ0v) is 11.1. The molecule has 0 aromatic carbocycles. The Labute approximate surface area is 113 Å². The molecule has 2 aromatic rings. The highest BCUT2D eigenvalue weighted by Crippen LogP contribution is 2.09. The molecule has 0 radical (unpaired) electrons. The van der Waals surface area contributed by atoms with E-state index in [1.165, 1.54) is 5.56 Å².